The molecule has 0 N–H and O–H groups in total. The predicted molar refractivity (Wildman–Crippen MR) is 224 cm³/mol. The first-order valence-electron chi connectivity index (χ1n) is 18.0. The maximum absolute atomic E-state index is 5.20. The summed E-state index contributed by atoms with van der Waals surface area (Å²) >= 11 is 0. The molecule has 0 fully saturated rings. The Hall–Kier alpha value is -7.03. The maximum Gasteiger partial charge on any atom is 0.0788 e. The second-order valence-electron chi connectivity index (χ2n) is 13.2. The summed E-state index contributed by atoms with van der Waals surface area (Å²) in [5, 5.41) is 1.13. The molecule has 53 heavy (non-hydrogen) atoms. The Balaban J connectivity index is 1.09. The molecule has 0 aliphatic heterocycles. The SMILES string of the molecule is c1ccc(-c2ccc(-c3ccc(N(c4ccc(-c5ccccc5)cc4)c4ccc(-c5nc6ccccc6cc5-c5ccccc5)cc4)cc3)cc2)cc1. The summed E-state index contributed by atoms with van der Waals surface area (Å²) in [6.45, 7) is 0. The van der Waals surface area contributed by atoms with Crippen molar-refractivity contribution in [2.75, 3.05) is 4.90 Å². The summed E-state index contributed by atoms with van der Waals surface area (Å²) in [4.78, 5) is 7.52. The van der Waals surface area contributed by atoms with Crippen LogP contribution < -0.4 is 4.90 Å². The minimum Gasteiger partial charge on any atom is -0.311 e. The Morgan fingerprint density at radius 2 is 0.623 bits per heavy atom. The molecule has 1 aromatic heterocycles. The van der Waals surface area contributed by atoms with Crippen molar-refractivity contribution in [1.82, 2.24) is 4.98 Å². The average molecular weight is 677 g/mol. The van der Waals surface area contributed by atoms with E-state index in [9.17, 15) is 0 Å². The molecule has 0 bridgehead atoms. The second-order valence-corrected chi connectivity index (χ2v) is 13.2. The molecule has 0 aliphatic carbocycles. The van der Waals surface area contributed by atoms with Crippen molar-refractivity contribution in [3.8, 4) is 55.8 Å². The minimum absolute atomic E-state index is 0.975. The van der Waals surface area contributed by atoms with Gasteiger partial charge in [0.1, 0.15) is 0 Å². The Kier molecular flexibility index (Phi) is 8.61. The van der Waals surface area contributed by atoms with E-state index in [1.54, 1.807) is 0 Å². The van der Waals surface area contributed by atoms with Crippen molar-refractivity contribution >= 4 is 28.0 Å². The number of benzene rings is 8. The first-order chi connectivity index (χ1) is 26.3. The van der Waals surface area contributed by atoms with Crippen molar-refractivity contribution in [2.45, 2.75) is 0 Å². The first kappa shape index (κ1) is 31.9. The molecule has 0 unspecified atom stereocenters. The molecule has 2 nitrogen and oxygen atoms in total. The van der Waals surface area contributed by atoms with Gasteiger partial charge in [-0.05, 0) is 87.5 Å². The summed E-state index contributed by atoms with van der Waals surface area (Å²) in [5.74, 6) is 0. The van der Waals surface area contributed by atoms with Crippen LogP contribution in [0.5, 0.6) is 0 Å². The van der Waals surface area contributed by atoms with Gasteiger partial charge in [0.05, 0.1) is 11.2 Å². The second kappa shape index (κ2) is 14.3. The highest BCUT2D eigenvalue weighted by Gasteiger charge is 2.16. The molecule has 0 atom stereocenters. The van der Waals surface area contributed by atoms with Crippen LogP contribution in [0.1, 0.15) is 0 Å². The van der Waals surface area contributed by atoms with Gasteiger partial charge in [-0.2, -0.15) is 0 Å². The van der Waals surface area contributed by atoms with E-state index in [4.69, 9.17) is 4.98 Å². The molecule has 2 heteroatoms. The van der Waals surface area contributed by atoms with E-state index < -0.39 is 0 Å². The third-order valence-corrected chi connectivity index (χ3v) is 9.89. The van der Waals surface area contributed by atoms with Crippen molar-refractivity contribution in [1.29, 1.82) is 0 Å². The number of para-hydroxylation sites is 1. The number of aromatic nitrogens is 1. The molecule has 9 rings (SSSR count). The monoisotopic (exact) mass is 676 g/mol. The number of hydrogen-bond acceptors (Lipinski definition) is 2. The lowest BCUT2D eigenvalue weighted by Crippen LogP contribution is -2.09. The van der Waals surface area contributed by atoms with Gasteiger partial charge in [0.15, 0.2) is 0 Å². The summed E-state index contributed by atoms with van der Waals surface area (Å²) < 4.78 is 0. The molecule has 0 amide bonds. The standard InChI is InChI=1S/C51H36N2/c1-4-12-37(13-5-1)39-20-22-40(23-21-39)42-26-32-47(33-27-42)53(46-30-24-41(25-31-46)38-14-6-2-7-15-38)48-34-28-44(29-35-48)51-49(43-16-8-3-9-17-43)36-45-18-10-11-19-50(45)52-51/h1-36H. The van der Waals surface area contributed by atoms with Crippen LogP contribution in [0.4, 0.5) is 17.1 Å². The van der Waals surface area contributed by atoms with E-state index in [1.807, 2.05) is 0 Å². The molecule has 0 spiro atoms. The molecule has 0 radical (unpaired) electrons. The topological polar surface area (TPSA) is 16.1 Å². The van der Waals surface area contributed by atoms with E-state index in [-0.39, 0.29) is 0 Å². The van der Waals surface area contributed by atoms with Crippen LogP contribution >= 0.6 is 0 Å². The third kappa shape index (κ3) is 6.62. The molecule has 1 heterocycles. The summed E-state index contributed by atoms with van der Waals surface area (Å²) in [5.41, 5.74) is 15.8. The van der Waals surface area contributed by atoms with Crippen molar-refractivity contribution in [3.05, 3.63) is 218 Å². The number of hydrogen-bond donors (Lipinski definition) is 0. The largest absolute Gasteiger partial charge is 0.311 e. The fraction of sp³-hybridized carbons (Fsp3) is 0. The third-order valence-electron chi connectivity index (χ3n) is 9.89. The molecular weight excluding hydrogens is 641 g/mol. The Labute approximate surface area is 310 Å². The Morgan fingerprint density at radius 1 is 0.283 bits per heavy atom. The van der Waals surface area contributed by atoms with Gasteiger partial charge in [-0.3, -0.25) is 0 Å². The van der Waals surface area contributed by atoms with E-state index in [2.05, 4.69) is 223 Å². The molecular formula is C51H36N2. The first-order valence-corrected chi connectivity index (χ1v) is 18.0. The summed E-state index contributed by atoms with van der Waals surface area (Å²) in [6, 6.07) is 77.6. The number of anilines is 3. The molecule has 0 aliphatic rings. The number of nitrogens with zero attached hydrogens (tertiary/aromatic N) is 2. The average Bonchev–Trinajstić information content (AvgIpc) is 3.25. The van der Waals surface area contributed by atoms with Crippen LogP contribution in [0, 0.1) is 0 Å². The molecule has 0 saturated carbocycles. The maximum atomic E-state index is 5.20. The fourth-order valence-electron chi connectivity index (χ4n) is 7.11. The fourth-order valence-corrected chi connectivity index (χ4v) is 7.11. The van der Waals surface area contributed by atoms with Crippen LogP contribution in [-0.2, 0) is 0 Å². The smallest absolute Gasteiger partial charge is 0.0788 e. The lowest BCUT2D eigenvalue weighted by Gasteiger charge is -2.26. The number of pyridine rings is 1. The van der Waals surface area contributed by atoms with Gasteiger partial charge in [-0.15, -0.1) is 0 Å². The van der Waals surface area contributed by atoms with Gasteiger partial charge in [0, 0.05) is 33.6 Å². The lowest BCUT2D eigenvalue weighted by molar-refractivity contribution is 1.28. The predicted octanol–water partition coefficient (Wildman–Crippen LogP) is 14.0. The van der Waals surface area contributed by atoms with Crippen LogP contribution in [0.15, 0.2) is 218 Å². The highest BCUT2D eigenvalue weighted by molar-refractivity contribution is 5.92. The Morgan fingerprint density at radius 3 is 1.08 bits per heavy atom. The zero-order valence-electron chi connectivity index (χ0n) is 29.2. The van der Waals surface area contributed by atoms with Crippen LogP contribution in [0.2, 0.25) is 0 Å². The highest BCUT2D eigenvalue weighted by Crippen LogP contribution is 2.39. The minimum atomic E-state index is 0.975. The van der Waals surface area contributed by atoms with Crippen molar-refractivity contribution < 1.29 is 0 Å². The normalized spacial score (nSPS) is 11.0. The van der Waals surface area contributed by atoms with Crippen molar-refractivity contribution in [2.24, 2.45) is 0 Å². The molecule has 250 valence electrons. The molecule has 0 saturated heterocycles. The quantitative estimate of drug-likeness (QED) is 0.159. The molecule has 8 aromatic carbocycles. The summed E-state index contributed by atoms with van der Waals surface area (Å²) in [7, 11) is 0. The summed E-state index contributed by atoms with van der Waals surface area (Å²) in [6.07, 6.45) is 0. The van der Waals surface area contributed by atoms with Crippen LogP contribution in [0.3, 0.4) is 0 Å². The molecule has 9 aromatic rings. The van der Waals surface area contributed by atoms with Gasteiger partial charge in [-0.1, -0.05) is 170 Å². The lowest BCUT2D eigenvalue weighted by atomic mass is 9.97. The van der Waals surface area contributed by atoms with Crippen molar-refractivity contribution in [3.63, 3.8) is 0 Å². The van der Waals surface area contributed by atoms with E-state index >= 15 is 0 Å². The zero-order valence-corrected chi connectivity index (χ0v) is 29.2. The van der Waals surface area contributed by atoms with E-state index in [1.165, 1.54) is 33.4 Å². The highest BCUT2D eigenvalue weighted by atomic mass is 15.1. The van der Waals surface area contributed by atoms with E-state index in [0.717, 1.165) is 50.3 Å². The number of fused-ring (bicyclic) bond motifs is 1. The van der Waals surface area contributed by atoms with Crippen LogP contribution in [0.25, 0.3) is 66.7 Å². The Bertz CT molecular complexity index is 2600. The van der Waals surface area contributed by atoms with Gasteiger partial charge in [-0.25, -0.2) is 4.98 Å². The van der Waals surface area contributed by atoms with Gasteiger partial charge >= 0.3 is 0 Å². The van der Waals surface area contributed by atoms with Gasteiger partial charge in [0.2, 0.25) is 0 Å². The van der Waals surface area contributed by atoms with Gasteiger partial charge in [0.25, 0.3) is 0 Å². The van der Waals surface area contributed by atoms with Gasteiger partial charge < -0.3 is 4.90 Å². The van der Waals surface area contributed by atoms with E-state index in [0.29, 0.717) is 0 Å². The van der Waals surface area contributed by atoms with Crippen LogP contribution in [-0.4, -0.2) is 4.98 Å². The number of rotatable bonds is 8. The zero-order chi connectivity index (χ0) is 35.4.